The topological polar surface area (TPSA) is 139 Å². The Kier molecular flexibility index (Phi) is 6.61. The molecule has 36 heavy (non-hydrogen) atoms. The number of aliphatic hydroxyl groups excluding tert-OH is 1. The number of carbonyl (C=O) groups is 5. The van der Waals surface area contributed by atoms with Crippen molar-refractivity contribution in [2.75, 3.05) is 24.4 Å². The van der Waals surface area contributed by atoms with Gasteiger partial charge in [0.25, 0.3) is 5.91 Å². The smallest absolute Gasteiger partial charge is 0.337 e. The minimum Gasteiger partial charge on any atom is -0.503 e. The number of rotatable bonds is 7. The van der Waals surface area contributed by atoms with Gasteiger partial charge >= 0.3 is 11.9 Å². The van der Waals surface area contributed by atoms with Crippen molar-refractivity contribution in [2.24, 2.45) is 5.92 Å². The van der Waals surface area contributed by atoms with Crippen molar-refractivity contribution in [3.05, 3.63) is 70.5 Å². The zero-order chi connectivity index (χ0) is 26.1. The molecule has 1 heterocycles. The lowest BCUT2D eigenvalue weighted by atomic mass is 9.93. The second-order valence-corrected chi connectivity index (χ2v) is 8.53. The number of carbonyl (C=O) groups excluding carboxylic acids is 5. The highest BCUT2D eigenvalue weighted by molar-refractivity contribution is 6.17. The number of Topliss-reactive ketones (excluding diaryl/α,β-unsaturated/α-hetero) is 1. The minimum atomic E-state index is -1.03. The molecule has 1 aliphatic heterocycles. The average molecular weight is 492 g/mol. The first kappa shape index (κ1) is 24.6. The number of nitrogens with zero attached hydrogens (tertiary/aromatic N) is 1. The molecule has 2 N–H and O–H groups in total. The number of hydrogen-bond acceptors (Lipinski definition) is 8. The van der Waals surface area contributed by atoms with Crippen LogP contribution in [0.4, 0.5) is 11.4 Å². The molecule has 1 saturated carbocycles. The van der Waals surface area contributed by atoms with E-state index < -0.39 is 29.6 Å². The molecule has 10 heteroatoms. The number of methoxy groups -OCH3 is 2. The number of esters is 2. The third-order valence-electron chi connectivity index (χ3n) is 6.01. The Labute approximate surface area is 206 Å². The van der Waals surface area contributed by atoms with Crippen molar-refractivity contribution in [1.82, 2.24) is 0 Å². The lowest BCUT2D eigenvalue weighted by molar-refractivity contribution is -0.118. The van der Waals surface area contributed by atoms with Crippen LogP contribution in [0.5, 0.6) is 0 Å². The summed E-state index contributed by atoms with van der Waals surface area (Å²) < 4.78 is 9.57. The highest BCUT2D eigenvalue weighted by atomic mass is 16.5. The van der Waals surface area contributed by atoms with Crippen LogP contribution in [0.25, 0.3) is 0 Å². The Morgan fingerprint density at radius 3 is 1.97 bits per heavy atom. The van der Waals surface area contributed by atoms with E-state index in [-0.39, 0.29) is 40.0 Å². The summed E-state index contributed by atoms with van der Waals surface area (Å²) in [5, 5.41) is 13.5. The molecule has 0 bridgehead atoms. The van der Waals surface area contributed by atoms with Gasteiger partial charge in [-0.3, -0.25) is 19.3 Å². The fourth-order valence-electron chi connectivity index (χ4n) is 4.18. The summed E-state index contributed by atoms with van der Waals surface area (Å²) >= 11 is 0. The highest BCUT2D eigenvalue weighted by Gasteiger charge is 2.48. The molecule has 2 aromatic carbocycles. The van der Waals surface area contributed by atoms with E-state index in [9.17, 15) is 29.1 Å². The van der Waals surface area contributed by atoms with Crippen LogP contribution in [-0.4, -0.2) is 48.9 Å². The molecule has 2 amide bonds. The summed E-state index contributed by atoms with van der Waals surface area (Å²) in [6, 6.07) is 9.38. The third kappa shape index (κ3) is 4.57. The quantitative estimate of drug-likeness (QED) is 0.562. The van der Waals surface area contributed by atoms with Gasteiger partial charge in [-0.15, -0.1) is 0 Å². The number of hydrogen-bond donors (Lipinski definition) is 2. The first-order valence-corrected chi connectivity index (χ1v) is 11.2. The van der Waals surface area contributed by atoms with Crippen LogP contribution in [0.2, 0.25) is 0 Å². The predicted molar refractivity (Wildman–Crippen MR) is 127 cm³/mol. The molecular weight excluding hydrogens is 468 g/mol. The standard InChI is InChI=1S/C26H24N2O8/c1-13(29)27-18-8-6-14(7-9-18)21-20(22(30)15-4-5-15)23(31)24(32)28(21)19-11-16(25(33)35-2)10-17(12-19)26(34)36-3/h6-12,15,21,31H,4-5H2,1-3H3,(H,27,29). The maximum Gasteiger partial charge on any atom is 0.337 e. The van der Waals surface area contributed by atoms with Gasteiger partial charge in [-0.2, -0.15) is 0 Å². The van der Waals surface area contributed by atoms with E-state index in [0.717, 1.165) is 4.90 Å². The number of ether oxygens (including phenoxy) is 2. The lowest BCUT2D eigenvalue weighted by Gasteiger charge is -2.28. The van der Waals surface area contributed by atoms with E-state index in [4.69, 9.17) is 9.47 Å². The third-order valence-corrected chi connectivity index (χ3v) is 6.01. The number of nitrogens with one attached hydrogen (secondary N) is 1. The van der Waals surface area contributed by atoms with Crippen LogP contribution in [0.3, 0.4) is 0 Å². The number of anilines is 2. The fourth-order valence-corrected chi connectivity index (χ4v) is 4.18. The summed E-state index contributed by atoms with van der Waals surface area (Å²) in [6.07, 6.45) is 1.31. The van der Waals surface area contributed by atoms with E-state index in [1.54, 1.807) is 24.3 Å². The van der Waals surface area contributed by atoms with E-state index in [2.05, 4.69) is 5.32 Å². The zero-order valence-electron chi connectivity index (χ0n) is 19.9. The minimum absolute atomic E-state index is 0.0237. The molecule has 1 fully saturated rings. The van der Waals surface area contributed by atoms with Gasteiger partial charge in [-0.25, -0.2) is 9.59 Å². The molecule has 2 aromatic rings. The van der Waals surface area contributed by atoms with Crippen molar-refractivity contribution in [2.45, 2.75) is 25.8 Å². The summed E-state index contributed by atoms with van der Waals surface area (Å²) in [5.41, 5.74) is 0.968. The second kappa shape index (κ2) is 9.65. The molecular formula is C26H24N2O8. The molecule has 186 valence electrons. The van der Waals surface area contributed by atoms with E-state index >= 15 is 0 Å². The summed E-state index contributed by atoms with van der Waals surface area (Å²) in [6.45, 7) is 1.37. The molecule has 0 spiro atoms. The van der Waals surface area contributed by atoms with Crippen LogP contribution in [-0.2, 0) is 23.9 Å². The largest absolute Gasteiger partial charge is 0.503 e. The van der Waals surface area contributed by atoms with Crippen LogP contribution in [0.15, 0.2) is 53.8 Å². The van der Waals surface area contributed by atoms with E-state index in [1.807, 2.05) is 0 Å². The SMILES string of the molecule is COC(=O)c1cc(C(=O)OC)cc(N2C(=O)C(O)=C(C(=O)C3CC3)C2c2ccc(NC(C)=O)cc2)c1. The molecule has 4 rings (SSSR count). The maximum absolute atomic E-state index is 13.3. The molecule has 0 radical (unpaired) electrons. The predicted octanol–water partition coefficient (Wildman–Crippen LogP) is 3.10. The zero-order valence-corrected chi connectivity index (χ0v) is 19.9. The fraction of sp³-hybridized carbons (Fsp3) is 0.269. The van der Waals surface area contributed by atoms with Gasteiger partial charge < -0.3 is 19.9 Å². The van der Waals surface area contributed by atoms with E-state index in [1.165, 1.54) is 39.3 Å². The second-order valence-electron chi connectivity index (χ2n) is 8.53. The van der Waals surface area contributed by atoms with E-state index in [0.29, 0.717) is 24.1 Å². The molecule has 1 atom stereocenters. The number of benzene rings is 2. The Balaban J connectivity index is 1.87. The maximum atomic E-state index is 13.3. The lowest BCUT2D eigenvalue weighted by Crippen LogP contribution is -2.31. The number of aliphatic hydroxyl groups is 1. The summed E-state index contributed by atoms with van der Waals surface area (Å²) in [4.78, 5) is 63.7. The molecule has 1 aliphatic carbocycles. The van der Waals surface area contributed by atoms with Gasteiger partial charge in [0.05, 0.1) is 37.0 Å². The van der Waals surface area contributed by atoms with Gasteiger partial charge in [-0.05, 0) is 48.7 Å². The Morgan fingerprint density at radius 1 is 0.944 bits per heavy atom. The molecule has 0 saturated heterocycles. The number of amides is 2. The van der Waals surface area contributed by atoms with Crippen molar-refractivity contribution in [1.29, 1.82) is 0 Å². The average Bonchev–Trinajstić information content (AvgIpc) is 3.69. The van der Waals surface area contributed by atoms with Gasteiger partial charge in [0.1, 0.15) is 0 Å². The monoisotopic (exact) mass is 492 g/mol. The first-order chi connectivity index (χ1) is 17.2. The molecule has 1 unspecified atom stereocenters. The van der Waals surface area contributed by atoms with Crippen molar-refractivity contribution >= 4 is 40.9 Å². The Morgan fingerprint density at radius 2 is 1.50 bits per heavy atom. The van der Waals surface area contributed by atoms with Crippen LogP contribution < -0.4 is 10.2 Å². The Hall–Kier alpha value is -4.47. The highest BCUT2D eigenvalue weighted by Crippen LogP contribution is 2.45. The number of ketones is 1. The molecule has 0 aromatic heterocycles. The Bertz CT molecular complexity index is 1270. The van der Waals surface area contributed by atoms with Gasteiger partial charge in [-0.1, -0.05) is 12.1 Å². The summed E-state index contributed by atoms with van der Waals surface area (Å²) in [7, 11) is 2.35. The van der Waals surface area contributed by atoms with Gasteiger partial charge in [0.15, 0.2) is 11.5 Å². The molecule has 10 nitrogen and oxygen atoms in total. The summed E-state index contributed by atoms with van der Waals surface area (Å²) in [5.74, 6) is -3.94. The van der Waals surface area contributed by atoms with Crippen molar-refractivity contribution in [3.8, 4) is 0 Å². The van der Waals surface area contributed by atoms with Gasteiger partial charge in [0, 0.05) is 24.2 Å². The van der Waals surface area contributed by atoms with Crippen LogP contribution in [0.1, 0.15) is 52.1 Å². The molecule has 2 aliphatic rings. The van der Waals surface area contributed by atoms with Crippen molar-refractivity contribution in [3.63, 3.8) is 0 Å². The first-order valence-electron chi connectivity index (χ1n) is 11.2. The van der Waals surface area contributed by atoms with Crippen LogP contribution in [0, 0.1) is 5.92 Å². The van der Waals surface area contributed by atoms with Crippen LogP contribution >= 0.6 is 0 Å². The van der Waals surface area contributed by atoms with Gasteiger partial charge in [0.2, 0.25) is 5.91 Å². The van der Waals surface area contributed by atoms with Crippen molar-refractivity contribution < 1.29 is 38.6 Å². The normalized spacial score (nSPS) is 17.1.